The maximum absolute atomic E-state index is 9.00. The van der Waals surface area contributed by atoms with Crippen LogP contribution in [0.2, 0.25) is 0 Å². The average molecular weight is 544 g/mol. The average Bonchev–Trinajstić information content (AvgIpc) is 1.94. The summed E-state index contributed by atoms with van der Waals surface area (Å²) in [6.45, 7) is 5.08. The Hall–Kier alpha value is -0.0916. The van der Waals surface area contributed by atoms with Crippen molar-refractivity contribution in [1.82, 2.24) is 0 Å². The van der Waals surface area contributed by atoms with Crippen LogP contribution in [-0.4, -0.2) is 67.4 Å². The van der Waals surface area contributed by atoms with Gasteiger partial charge in [0.1, 0.15) is 0 Å². The molecule has 0 aliphatic carbocycles. The summed E-state index contributed by atoms with van der Waals surface area (Å²) in [4.78, 5) is 44.7. The molecule has 0 spiro atoms. The van der Waals surface area contributed by atoms with Crippen molar-refractivity contribution >= 4 is 57.1 Å². The maximum atomic E-state index is 9.00. The number of carbonyl (C=O) groups is 5. The van der Waals surface area contributed by atoms with E-state index in [0.717, 1.165) is 34.6 Å². The van der Waals surface area contributed by atoms with E-state index >= 15 is 0 Å². The molecule has 0 aliphatic heterocycles. The van der Waals surface area contributed by atoms with Crippen molar-refractivity contribution in [2.24, 2.45) is 0 Å². The fourth-order valence-electron chi connectivity index (χ4n) is 0. The van der Waals surface area contributed by atoms with Crippen molar-refractivity contribution in [2.45, 2.75) is 34.6 Å². The normalized spacial score (nSPS) is 5.68. The van der Waals surface area contributed by atoms with Crippen LogP contribution in [0.1, 0.15) is 34.6 Å². The van der Waals surface area contributed by atoms with Crippen LogP contribution in [0.15, 0.2) is 0 Å². The van der Waals surface area contributed by atoms with E-state index < -0.39 is 29.8 Å². The fraction of sp³-hybridized carbons (Fsp3) is 0.500. The van der Waals surface area contributed by atoms with Gasteiger partial charge >= 0.3 is 78.7 Å². The summed E-state index contributed by atoms with van der Waals surface area (Å²) < 4.78 is 0. The van der Waals surface area contributed by atoms with Crippen molar-refractivity contribution in [2.75, 3.05) is 0 Å². The molecule has 0 aliphatic rings. The van der Waals surface area contributed by atoms with Crippen LogP contribution in [-0.2, 0) is 24.0 Å². The molecule has 0 rings (SSSR count). The molecular formula is C10H17KO10Pb. The van der Waals surface area contributed by atoms with Crippen molar-refractivity contribution in [1.29, 1.82) is 0 Å². The fourth-order valence-corrected chi connectivity index (χ4v) is 0. The zero-order valence-electron chi connectivity index (χ0n) is 13.2. The molecule has 10 nitrogen and oxygen atoms in total. The summed E-state index contributed by atoms with van der Waals surface area (Å²) in [5, 5.41) is 41.5. The minimum absolute atomic E-state index is 0. The molecule has 0 aromatic carbocycles. The van der Waals surface area contributed by atoms with Gasteiger partial charge in [-0.15, -0.1) is 0 Å². The first kappa shape index (κ1) is 43.1. The molecule has 0 fully saturated rings. The zero-order valence-corrected chi connectivity index (χ0v) is 20.2. The Morgan fingerprint density at radius 3 is 0.591 bits per heavy atom. The number of aliphatic carboxylic acids is 5. The Kier molecular flexibility index (Phi) is 73.0. The second-order valence-electron chi connectivity index (χ2n) is 2.51. The molecule has 0 saturated carbocycles. The van der Waals surface area contributed by atoms with Gasteiger partial charge in [-0.1, -0.05) is 0 Å². The smallest absolute Gasteiger partial charge is 0.550 e. The summed E-state index contributed by atoms with van der Waals surface area (Å²) in [6.07, 6.45) is 0. The van der Waals surface area contributed by atoms with Crippen LogP contribution >= 0.6 is 0 Å². The van der Waals surface area contributed by atoms with E-state index in [0.29, 0.717) is 0 Å². The first-order valence-electron chi connectivity index (χ1n) is 4.58. The number of hydrogen-bond acceptors (Lipinski definition) is 8. The number of carbonyl (C=O) groups excluding carboxylic acids is 3. The van der Waals surface area contributed by atoms with E-state index in [9.17, 15) is 0 Å². The monoisotopic (exact) mass is 544 g/mol. The molecule has 12 heteroatoms. The Morgan fingerprint density at radius 2 is 0.591 bits per heavy atom. The van der Waals surface area contributed by atoms with Crippen LogP contribution in [0, 0.1) is 0 Å². The number of carboxylic acid groups (broad SMARTS) is 5. The molecule has 0 aromatic rings. The summed E-state index contributed by atoms with van der Waals surface area (Å²) in [5.74, 6) is -4.92. The van der Waals surface area contributed by atoms with E-state index in [4.69, 9.17) is 49.5 Å². The Morgan fingerprint density at radius 1 is 0.591 bits per heavy atom. The molecule has 2 N–H and O–H groups in total. The molecule has 0 bridgehead atoms. The second-order valence-corrected chi connectivity index (χ2v) is 2.51. The van der Waals surface area contributed by atoms with Crippen molar-refractivity contribution < 1.29 is 101 Å². The maximum Gasteiger partial charge on any atom is 2.00 e. The molecule has 2 radical (unpaired) electrons. The molecule has 0 atom stereocenters. The van der Waals surface area contributed by atoms with E-state index in [1.54, 1.807) is 0 Å². The van der Waals surface area contributed by atoms with Gasteiger partial charge in [-0.05, 0) is 20.8 Å². The van der Waals surface area contributed by atoms with Gasteiger partial charge in [0, 0.05) is 31.8 Å². The molecule has 0 amide bonds. The van der Waals surface area contributed by atoms with E-state index in [-0.39, 0.29) is 78.7 Å². The van der Waals surface area contributed by atoms with Gasteiger partial charge < -0.3 is 39.9 Å². The Bertz CT molecular complexity index is 216. The van der Waals surface area contributed by atoms with Crippen LogP contribution < -0.4 is 66.7 Å². The Balaban J connectivity index is -0.0000000250. The van der Waals surface area contributed by atoms with E-state index in [2.05, 4.69) is 0 Å². The SMILES string of the molecule is CC(=O)O.CC(=O)O.CC(=O)[O-].CC(=O)[O-].CC(=O)[O-].[K+].[Pb+2]. The van der Waals surface area contributed by atoms with Crippen molar-refractivity contribution in [3.8, 4) is 0 Å². The van der Waals surface area contributed by atoms with Gasteiger partial charge in [-0.3, -0.25) is 9.59 Å². The van der Waals surface area contributed by atoms with Gasteiger partial charge in [0.25, 0.3) is 11.9 Å². The van der Waals surface area contributed by atoms with E-state index in [1.807, 2.05) is 0 Å². The Labute approximate surface area is 190 Å². The molecule has 122 valence electrons. The topological polar surface area (TPSA) is 195 Å². The minimum atomic E-state index is -1.08. The molecule has 0 aromatic heterocycles. The van der Waals surface area contributed by atoms with Gasteiger partial charge in [-0.25, -0.2) is 0 Å². The molecule has 0 heterocycles. The largest absolute Gasteiger partial charge is 2.00 e. The van der Waals surface area contributed by atoms with E-state index in [1.165, 1.54) is 0 Å². The van der Waals surface area contributed by atoms with Crippen molar-refractivity contribution in [3.05, 3.63) is 0 Å². The zero-order chi connectivity index (χ0) is 17.9. The molecule has 22 heavy (non-hydrogen) atoms. The van der Waals surface area contributed by atoms with Gasteiger partial charge in [-0.2, -0.15) is 0 Å². The number of rotatable bonds is 0. The number of carboxylic acids is 5. The third-order valence-corrected chi connectivity index (χ3v) is 0. The van der Waals surface area contributed by atoms with Gasteiger partial charge in [0.05, 0.1) is 0 Å². The predicted octanol–water partition coefficient (Wildman–Crippen LogP) is -6.93. The first-order chi connectivity index (χ1) is 8.66. The van der Waals surface area contributed by atoms with Crippen LogP contribution in [0.4, 0.5) is 0 Å². The van der Waals surface area contributed by atoms with Crippen LogP contribution in [0.25, 0.3) is 0 Å². The molecule has 0 unspecified atom stereocenters. The molecule has 0 saturated heterocycles. The third kappa shape index (κ3) is 849000. The summed E-state index contributed by atoms with van der Waals surface area (Å²) in [6, 6.07) is 0. The van der Waals surface area contributed by atoms with Crippen molar-refractivity contribution in [3.63, 3.8) is 0 Å². The summed E-state index contributed by atoms with van der Waals surface area (Å²) >= 11 is 0. The summed E-state index contributed by atoms with van der Waals surface area (Å²) in [7, 11) is 0. The summed E-state index contributed by atoms with van der Waals surface area (Å²) in [5.41, 5.74) is 0. The third-order valence-electron chi connectivity index (χ3n) is 0. The van der Waals surface area contributed by atoms with Crippen LogP contribution in [0.5, 0.6) is 0 Å². The second kappa shape index (κ2) is 37.3. The standard InChI is InChI=1S/5C2H4O2.K.Pb/c5*1-2(3)4;;/h5*1H3,(H,3,4);;/q;;;;;+1;+2/p-3. The predicted molar refractivity (Wildman–Crippen MR) is 64.4 cm³/mol. The van der Waals surface area contributed by atoms with Gasteiger partial charge in [0.15, 0.2) is 0 Å². The first-order valence-corrected chi connectivity index (χ1v) is 4.58. The molecular weight excluding hydrogens is 526 g/mol. The van der Waals surface area contributed by atoms with Gasteiger partial charge in [0.2, 0.25) is 0 Å². The van der Waals surface area contributed by atoms with Crippen LogP contribution in [0.3, 0.4) is 0 Å². The number of hydrogen-bond donors (Lipinski definition) is 2. The quantitative estimate of drug-likeness (QED) is 0.277. The minimum Gasteiger partial charge on any atom is -0.550 e.